The lowest BCUT2D eigenvalue weighted by molar-refractivity contribution is -0.151. The second-order valence-corrected chi connectivity index (χ2v) is 19.3. The van der Waals surface area contributed by atoms with E-state index in [4.69, 9.17) is 42.2 Å². The van der Waals surface area contributed by atoms with Crippen molar-refractivity contribution in [2.24, 2.45) is 0 Å². The van der Waals surface area contributed by atoms with Crippen LogP contribution in [0.25, 0.3) is 0 Å². The zero-order chi connectivity index (χ0) is 50.8. The summed E-state index contributed by atoms with van der Waals surface area (Å²) < 4.78 is 61.9. The molecule has 7 rings (SSSR count). The molecular weight excluding hydrogens is 936 g/mol. The molecule has 0 spiro atoms. The van der Waals surface area contributed by atoms with Crippen LogP contribution in [-0.2, 0) is 38.3 Å². The number of benzene rings is 3. The van der Waals surface area contributed by atoms with Gasteiger partial charge < -0.3 is 42.2 Å². The van der Waals surface area contributed by atoms with Gasteiger partial charge in [-0.15, -0.1) is 0 Å². The molecule has 2 saturated heterocycles. The SMILES string of the molecule is COc1ccc(C(OC[C@H]2O[C@@H](n3cc(C)c(=O)[nH]c3=O)C[C@@H]2OCOC[C@H]2O[C@@H](n3cc(C)c(=O)[nH]c3=O)C[C@@H]2OP(OCCC#N)N(C(C)C)C(C)C)(c2ccccc2)c2ccc(OC)cc2)cc1. The summed E-state index contributed by atoms with van der Waals surface area (Å²) in [7, 11) is 1.49. The van der Waals surface area contributed by atoms with Crippen LogP contribution in [0.15, 0.2) is 110 Å². The van der Waals surface area contributed by atoms with Crippen molar-refractivity contribution in [3.05, 3.63) is 161 Å². The monoisotopic (exact) mass is 998 g/mol. The normalized spacial score (nSPS) is 20.7. The molecule has 0 bridgehead atoms. The third-order valence-electron chi connectivity index (χ3n) is 12.4. The van der Waals surface area contributed by atoms with Crippen LogP contribution in [-0.4, -0.2) is 101 Å². The first-order chi connectivity index (χ1) is 34.2. The molecule has 19 nitrogen and oxygen atoms in total. The molecular formula is C51H63N6O13P. The van der Waals surface area contributed by atoms with Gasteiger partial charge in [-0.05, 0) is 82.5 Å². The number of hydrogen-bond acceptors (Lipinski definition) is 15. The highest BCUT2D eigenvalue weighted by atomic mass is 31.2. The van der Waals surface area contributed by atoms with Gasteiger partial charge in [-0.25, -0.2) is 14.3 Å². The predicted molar refractivity (Wildman–Crippen MR) is 263 cm³/mol. The largest absolute Gasteiger partial charge is 0.497 e. The Morgan fingerprint density at radius 2 is 1.23 bits per heavy atom. The Hall–Kier alpha value is -5.78. The van der Waals surface area contributed by atoms with E-state index in [0.29, 0.717) is 22.6 Å². The van der Waals surface area contributed by atoms with Crippen molar-refractivity contribution < 1.29 is 42.2 Å². The van der Waals surface area contributed by atoms with E-state index in [2.05, 4.69) is 20.7 Å². The summed E-state index contributed by atoms with van der Waals surface area (Å²) in [5.41, 5.74) is -0.401. The van der Waals surface area contributed by atoms with E-state index in [9.17, 15) is 24.4 Å². The molecule has 20 heteroatoms. The molecule has 7 atom stereocenters. The molecule has 0 amide bonds. The highest BCUT2D eigenvalue weighted by Crippen LogP contribution is 2.50. The van der Waals surface area contributed by atoms with Crippen LogP contribution in [0.2, 0.25) is 0 Å². The molecule has 2 N–H and O–H groups in total. The summed E-state index contributed by atoms with van der Waals surface area (Å²) in [5.74, 6) is 1.33. The van der Waals surface area contributed by atoms with E-state index in [0.717, 1.165) is 16.7 Å². The van der Waals surface area contributed by atoms with E-state index < -0.39 is 73.5 Å². The fraction of sp³-hybridized carbons (Fsp3) is 0.471. The molecule has 0 aliphatic carbocycles. The fourth-order valence-corrected chi connectivity index (χ4v) is 10.7. The van der Waals surface area contributed by atoms with Gasteiger partial charge in [-0.3, -0.25) is 28.7 Å². The maximum Gasteiger partial charge on any atom is 0.330 e. The molecule has 380 valence electrons. The van der Waals surface area contributed by atoms with Crippen molar-refractivity contribution in [1.82, 2.24) is 23.8 Å². The Morgan fingerprint density at radius 3 is 1.72 bits per heavy atom. The third-order valence-corrected chi connectivity index (χ3v) is 14.6. The zero-order valence-corrected chi connectivity index (χ0v) is 42.2. The average molecular weight is 999 g/mol. The maximum atomic E-state index is 13.3. The lowest BCUT2D eigenvalue weighted by Gasteiger charge is -2.37. The van der Waals surface area contributed by atoms with Gasteiger partial charge in [0.2, 0.25) is 0 Å². The molecule has 5 aromatic rings. The topological polar surface area (TPSA) is 220 Å². The second-order valence-electron chi connectivity index (χ2n) is 17.9. The number of methoxy groups -OCH3 is 2. The number of nitriles is 1. The predicted octanol–water partition coefficient (Wildman–Crippen LogP) is 6.33. The third kappa shape index (κ3) is 12.3. The van der Waals surface area contributed by atoms with E-state index in [1.807, 2.05) is 107 Å². The summed E-state index contributed by atoms with van der Waals surface area (Å²) in [5, 5.41) is 9.32. The van der Waals surface area contributed by atoms with Gasteiger partial charge in [-0.2, -0.15) is 5.26 Å². The Kier molecular flexibility index (Phi) is 18.0. The summed E-state index contributed by atoms with van der Waals surface area (Å²) in [4.78, 5) is 55.9. The van der Waals surface area contributed by atoms with Crippen molar-refractivity contribution in [1.29, 1.82) is 5.26 Å². The van der Waals surface area contributed by atoms with Crippen LogP contribution in [0, 0.1) is 25.2 Å². The highest BCUT2D eigenvalue weighted by molar-refractivity contribution is 7.44. The molecule has 2 aromatic heterocycles. The van der Waals surface area contributed by atoms with Crippen molar-refractivity contribution in [2.75, 3.05) is 40.8 Å². The molecule has 2 aliphatic heterocycles. The number of rotatable bonds is 23. The van der Waals surface area contributed by atoms with Crippen LogP contribution >= 0.6 is 8.53 Å². The minimum absolute atomic E-state index is 0.0180. The van der Waals surface area contributed by atoms with Crippen molar-refractivity contribution in [3.8, 4) is 17.6 Å². The summed E-state index contributed by atoms with van der Waals surface area (Å²) in [6, 6.07) is 27.2. The Bertz CT molecular complexity index is 2760. The van der Waals surface area contributed by atoms with Crippen LogP contribution in [0.3, 0.4) is 0 Å². The van der Waals surface area contributed by atoms with Crippen LogP contribution in [0.5, 0.6) is 11.5 Å². The minimum Gasteiger partial charge on any atom is -0.497 e. The van der Waals surface area contributed by atoms with Gasteiger partial charge >= 0.3 is 11.4 Å². The molecule has 1 unspecified atom stereocenters. The number of H-pyrrole nitrogens is 2. The Morgan fingerprint density at radius 1 is 0.732 bits per heavy atom. The first kappa shape index (κ1) is 53.0. The lowest BCUT2D eigenvalue weighted by atomic mass is 9.80. The first-order valence-electron chi connectivity index (χ1n) is 23.5. The van der Waals surface area contributed by atoms with E-state index in [1.54, 1.807) is 28.1 Å². The molecule has 2 fully saturated rings. The van der Waals surface area contributed by atoms with Gasteiger partial charge in [-0.1, -0.05) is 54.6 Å². The molecule has 0 saturated carbocycles. The minimum atomic E-state index is -1.72. The average Bonchev–Trinajstić information content (AvgIpc) is 3.96. The Labute approximate surface area is 413 Å². The van der Waals surface area contributed by atoms with Crippen LogP contribution < -0.4 is 32.0 Å². The zero-order valence-electron chi connectivity index (χ0n) is 41.3. The quantitative estimate of drug-likeness (QED) is 0.0316. The van der Waals surface area contributed by atoms with E-state index in [1.165, 1.54) is 21.5 Å². The number of aromatic amines is 2. The van der Waals surface area contributed by atoms with E-state index in [-0.39, 0.29) is 58.0 Å². The van der Waals surface area contributed by atoms with Gasteiger partial charge in [0, 0.05) is 48.4 Å². The summed E-state index contributed by atoms with van der Waals surface area (Å²) >= 11 is 0. The highest BCUT2D eigenvalue weighted by Gasteiger charge is 2.45. The lowest BCUT2D eigenvalue weighted by Crippen LogP contribution is -2.39. The van der Waals surface area contributed by atoms with Gasteiger partial charge in [0.15, 0.2) is 0 Å². The standard InChI is InChI=1S/C51H63N6O13P/c1-32(2)57(33(3)4)71(67-24-12-23-52)70-42-26-46(56-28-35(6)48(59)54-50(56)61)68-43(42)29-64-31-65-41-25-45(55-27-34(5)47(58)53-49(55)60)69-44(41)30-66-51(36-13-10-9-11-14-36,37-15-19-39(62-7)20-16-37)38-17-21-40(63-8)22-18-38/h9-11,13-22,27-28,32-33,41-46H,12,24-26,29-31H2,1-8H3,(H,53,58,60)(H,54,59,61)/t41-,42-,43+,44+,45+,46+,71?/m0/s1. The smallest absolute Gasteiger partial charge is 0.330 e. The molecule has 71 heavy (non-hydrogen) atoms. The van der Waals surface area contributed by atoms with Crippen LogP contribution in [0.4, 0.5) is 0 Å². The Balaban J connectivity index is 1.17. The van der Waals surface area contributed by atoms with E-state index >= 15 is 0 Å². The fourth-order valence-electron chi connectivity index (χ4n) is 8.92. The second kappa shape index (κ2) is 24.1. The van der Waals surface area contributed by atoms with Crippen LogP contribution in [0.1, 0.15) is 87.2 Å². The van der Waals surface area contributed by atoms with Gasteiger partial charge in [0.1, 0.15) is 48.6 Å². The molecule has 2 aliphatic rings. The number of aryl methyl sites for hydroxylation is 2. The van der Waals surface area contributed by atoms with Crippen molar-refractivity contribution in [2.45, 2.75) is 115 Å². The number of hydrogen-bond donors (Lipinski definition) is 2. The number of ether oxygens (including phenoxy) is 7. The van der Waals surface area contributed by atoms with Gasteiger partial charge in [0.25, 0.3) is 19.6 Å². The first-order valence-corrected chi connectivity index (χ1v) is 24.7. The number of nitrogens with one attached hydrogen (secondary N) is 2. The number of nitrogens with zero attached hydrogens (tertiary/aromatic N) is 4. The summed E-state index contributed by atoms with van der Waals surface area (Å²) in [6.07, 6.45) is -1.11. The summed E-state index contributed by atoms with van der Waals surface area (Å²) in [6.45, 7) is 11.1. The molecule has 4 heterocycles. The van der Waals surface area contributed by atoms with Crippen molar-refractivity contribution >= 4 is 8.53 Å². The maximum absolute atomic E-state index is 13.3. The van der Waals surface area contributed by atoms with Gasteiger partial charge in [0.05, 0.1) is 58.7 Å². The van der Waals surface area contributed by atoms with Crippen molar-refractivity contribution in [3.63, 3.8) is 0 Å². The molecule has 3 aromatic carbocycles. The number of aromatic nitrogens is 4. The molecule has 0 radical (unpaired) electrons.